The summed E-state index contributed by atoms with van der Waals surface area (Å²) in [6, 6.07) is 0.816. The van der Waals surface area contributed by atoms with Crippen molar-refractivity contribution in [2.45, 2.75) is 65.8 Å². The van der Waals surface area contributed by atoms with Crippen molar-refractivity contribution in [3.63, 3.8) is 0 Å². The van der Waals surface area contributed by atoms with E-state index in [2.05, 4.69) is 32.6 Å². The molecule has 1 atom stereocenters. The van der Waals surface area contributed by atoms with Gasteiger partial charge in [0.25, 0.3) is 0 Å². The average Bonchev–Trinajstić information content (AvgIpc) is 3.08. The highest BCUT2D eigenvalue weighted by molar-refractivity contribution is 4.88. The van der Waals surface area contributed by atoms with Crippen molar-refractivity contribution in [3.05, 3.63) is 0 Å². The minimum atomic E-state index is 0.105. The van der Waals surface area contributed by atoms with E-state index in [0.29, 0.717) is 6.61 Å². The summed E-state index contributed by atoms with van der Waals surface area (Å²) < 4.78 is 0. The molecule has 1 unspecified atom stereocenters. The molecule has 0 aromatic rings. The van der Waals surface area contributed by atoms with Crippen molar-refractivity contribution < 1.29 is 5.11 Å². The standard InChI is InChI=1S/C15H31NO/c1-5-9-15(4,12-17)11-16(14-6-7-14)10-8-13(2)3/h13-14,17H,5-12H2,1-4H3. The average molecular weight is 241 g/mol. The third kappa shape index (κ3) is 5.39. The van der Waals surface area contributed by atoms with Gasteiger partial charge in [0.05, 0.1) is 0 Å². The number of aliphatic hydroxyl groups excluding tert-OH is 1. The van der Waals surface area contributed by atoms with Crippen molar-refractivity contribution in [2.24, 2.45) is 11.3 Å². The predicted octanol–water partition coefficient (Wildman–Crippen LogP) is 3.30. The van der Waals surface area contributed by atoms with Crippen molar-refractivity contribution in [3.8, 4) is 0 Å². The Kier molecular flexibility index (Phi) is 5.94. The molecule has 0 amide bonds. The van der Waals surface area contributed by atoms with Crippen molar-refractivity contribution in [1.29, 1.82) is 0 Å². The van der Waals surface area contributed by atoms with Gasteiger partial charge >= 0.3 is 0 Å². The molecule has 1 rings (SSSR count). The second-order valence-corrected chi connectivity index (χ2v) is 6.60. The van der Waals surface area contributed by atoms with Crippen LogP contribution in [0.4, 0.5) is 0 Å². The lowest BCUT2D eigenvalue weighted by molar-refractivity contribution is 0.0739. The maximum absolute atomic E-state index is 9.62. The van der Waals surface area contributed by atoms with Gasteiger partial charge in [-0.1, -0.05) is 34.1 Å². The van der Waals surface area contributed by atoms with Gasteiger partial charge in [0.1, 0.15) is 0 Å². The van der Waals surface area contributed by atoms with Gasteiger partial charge < -0.3 is 5.11 Å². The van der Waals surface area contributed by atoms with Crippen LogP contribution in [0.3, 0.4) is 0 Å². The Morgan fingerprint density at radius 2 is 2.00 bits per heavy atom. The van der Waals surface area contributed by atoms with Crippen LogP contribution in [0, 0.1) is 11.3 Å². The molecular formula is C15H31NO. The van der Waals surface area contributed by atoms with E-state index in [1.807, 2.05) is 0 Å². The molecular weight excluding hydrogens is 210 g/mol. The van der Waals surface area contributed by atoms with Gasteiger partial charge in [-0.25, -0.2) is 0 Å². The van der Waals surface area contributed by atoms with E-state index in [1.54, 1.807) is 0 Å². The molecule has 102 valence electrons. The first-order valence-corrected chi connectivity index (χ1v) is 7.35. The van der Waals surface area contributed by atoms with Crippen LogP contribution in [0.15, 0.2) is 0 Å². The second-order valence-electron chi connectivity index (χ2n) is 6.60. The summed E-state index contributed by atoms with van der Waals surface area (Å²) in [7, 11) is 0. The predicted molar refractivity (Wildman–Crippen MR) is 74.2 cm³/mol. The Bertz CT molecular complexity index is 213. The maximum Gasteiger partial charge on any atom is 0.0497 e. The van der Waals surface area contributed by atoms with Crippen molar-refractivity contribution in [1.82, 2.24) is 4.90 Å². The van der Waals surface area contributed by atoms with Crippen LogP contribution in [0.1, 0.15) is 59.8 Å². The van der Waals surface area contributed by atoms with Gasteiger partial charge in [0.15, 0.2) is 0 Å². The first-order valence-electron chi connectivity index (χ1n) is 7.35. The maximum atomic E-state index is 9.62. The number of hydrogen-bond acceptors (Lipinski definition) is 2. The highest BCUT2D eigenvalue weighted by atomic mass is 16.3. The largest absolute Gasteiger partial charge is 0.396 e. The third-order valence-electron chi connectivity index (χ3n) is 3.88. The summed E-state index contributed by atoms with van der Waals surface area (Å²) >= 11 is 0. The summed E-state index contributed by atoms with van der Waals surface area (Å²) in [6.45, 7) is 11.7. The van der Waals surface area contributed by atoms with Gasteiger partial charge in [-0.15, -0.1) is 0 Å². The van der Waals surface area contributed by atoms with E-state index >= 15 is 0 Å². The number of nitrogens with zero attached hydrogens (tertiary/aromatic N) is 1. The molecule has 2 heteroatoms. The van der Waals surface area contributed by atoms with E-state index in [4.69, 9.17) is 0 Å². The Labute approximate surface area is 107 Å². The van der Waals surface area contributed by atoms with E-state index in [9.17, 15) is 5.11 Å². The van der Waals surface area contributed by atoms with Crippen LogP contribution in [0.5, 0.6) is 0 Å². The first kappa shape index (κ1) is 15.0. The fourth-order valence-electron chi connectivity index (χ4n) is 2.56. The monoisotopic (exact) mass is 241 g/mol. The second kappa shape index (κ2) is 6.75. The van der Waals surface area contributed by atoms with Gasteiger partial charge in [-0.3, -0.25) is 4.90 Å². The lowest BCUT2D eigenvalue weighted by atomic mass is 9.85. The zero-order valence-electron chi connectivity index (χ0n) is 12.2. The van der Waals surface area contributed by atoms with Crippen LogP contribution in [0.2, 0.25) is 0 Å². The Balaban J connectivity index is 2.46. The first-order chi connectivity index (χ1) is 8.00. The summed E-state index contributed by atoms with van der Waals surface area (Å²) in [6.07, 6.45) is 6.32. The molecule has 1 aliphatic rings. The molecule has 0 radical (unpaired) electrons. The molecule has 1 saturated carbocycles. The van der Waals surface area contributed by atoms with E-state index in [-0.39, 0.29) is 5.41 Å². The molecule has 0 saturated heterocycles. The van der Waals surface area contributed by atoms with Crippen LogP contribution >= 0.6 is 0 Å². The highest BCUT2D eigenvalue weighted by Crippen LogP contribution is 2.32. The minimum absolute atomic E-state index is 0.105. The number of hydrogen-bond donors (Lipinski definition) is 1. The molecule has 0 heterocycles. The normalized spacial score (nSPS) is 19.9. The van der Waals surface area contributed by atoms with Gasteiger partial charge in [-0.05, 0) is 38.1 Å². The lowest BCUT2D eigenvalue weighted by Gasteiger charge is -2.34. The summed E-state index contributed by atoms with van der Waals surface area (Å²) in [5, 5.41) is 9.62. The molecule has 17 heavy (non-hydrogen) atoms. The number of rotatable bonds is 9. The molecule has 0 aromatic carbocycles. The molecule has 2 nitrogen and oxygen atoms in total. The van der Waals surface area contributed by atoms with E-state index < -0.39 is 0 Å². The molecule has 0 spiro atoms. The van der Waals surface area contributed by atoms with Gasteiger partial charge in [-0.2, -0.15) is 0 Å². The smallest absolute Gasteiger partial charge is 0.0497 e. The summed E-state index contributed by atoms with van der Waals surface area (Å²) in [5.41, 5.74) is 0.105. The van der Waals surface area contributed by atoms with E-state index in [1.165, 1.54) is 32.2 Å². The molecule has 0 bridgehead atoms. The third-order valence-corrected chi connectivity index (χ3v) is 3.88. The fourth-order valence-corrected chi connectivity index (χ4v) is 2.56. The fraction of sp³-hybridized carbons (Fsp3) is 1.00. The van der Waals surface area contributed by atoms with Crippen LogP contribution < -0.4 is 0 Å². The van der Waals surface area contributed by atoms with Crippen LogP contribution in [-0.4, -0.2) is 35.7 Å². The van der Waals surface area contributed by atoms with Crippen LogP contribution in [0.25, 0.3) is 0 Å². The lowest BCUT2D eigenvalue weighted by Crippen LogP contribution is -2.40. The SMILES string of the molecule is CCCC(C)(CO)CN(CCC(C)C)C1CC1. The van der Waals surface area contributed by atoms with Crippen LogP contribution in [-0.2, 0) is 0 Å². The molecule has 1 N–H and O–H groups in total. The minimum Gasteiger partial charge on any atom is -0.396 e. The topological polar surface area (TPSA) is 23.5 Å². The Hall–Kier alpha value is -0.0800. The van der Waals surface area contributed by atoms with Gasteiger partial charge in [0, 0.05) is 24.6 Å². The van der Waals surface area contributed by atoms with Crippen molar-refractivity contribution in [2.75, 3.05) is 19.7 Å². The summed E-state index contributed by atoms with van der Waals surface area (Å²) in [4.78, 5) is 2.63. The van der Waals surface area contributed by atoms with Crippen molar-refractivity contribution >= 4 is 0 Å². The molecule has 0 aromatic heterocycles. The Morgan fingerprint density at radius 1 is 1.35 bits per heavy atom. The van der Waals surface area contributed by atoms with Gasteiger partial charge in [0.2, 0.25) is 0 Å². The zero-order chi connectivity index (χ0) is 12.9. The summed E-state index contributed by atoms with van der Waals surface area (Å²) in [5.74, 6) is 0.780. The molecule has 0 aliphatic heterocycles. The zero-order valence-corrected chi connectivity index (χ0v) is 12.2. The highest BCUT2D eigenvalue weighted by Gasteiger charge is 2.34. The molecule has 1 fully saturated rings. The van der Waals surface area contributed by atoms with E-state index in [0.717, 1.165) is 24.9 Å². The molecule has 1 aliphatic carbocycles. The quantitative estimate of drug-likeness (QED) is 0.669. The Morgan fingerprint density at radius 3 is 2.41 bits per heavy atom. The number of aliphatic hydroxyl groups is 1.